The van der Waals surface area contributed by atoms with Crippen LogP contribution in [-0.4, -0.2) is 32.8 Å². The monoisotopic (exact) mass is 390 g/mol. The summed E-state index contributed by atoms with van der Waals surface area (Å²) in [5.74, 6) is -0.401. The molecule has 1 fully saturated rings. The topological polar surface area (TPSA) is 66.7 Å². The molecule has 0 spiro atoms. The van der Waals surface area contributed by atoms with Gasteiger partial charge in [0.05, 0.1) is 0 Å². The third-order valence-corrected chi connectivity index (χ3v) is 5.73. The van der Waals surface area contributed by atoms with Crippen LogP contribution in [0.1, 0.15) is 47.7 Å². The van der Waals surface area contributed by atoms with E-state index in [0.717, 1.165) is 18.7 Å². The second-order valence-electron chi connectivity index (χ2n) is 7.67. The molecule has 1 aromatic carbocycles. The minimum absolute atomic E-state index is 0.0517. The number of hydrogen-bond donors (Lipinski definition) is 1. The maximum absolute atomic E-state index is 12.7. The Balaban J connectivity index is 1.49. The summed E-state index contributed by atoms with van der Waals surface area (Å²) in [5.41, 5.74) is 2.51. The fraction of sp³-hybridized carbons (Fsp3) is 0.348. The molecule has 1 N–H and O–H groups in total. The van der Waals surface area contributed by atoms with Crippen LogP contribution in [-0.2, 0) is 13.1 Å². The van der Waals surface area contributed by atoms with Gasteiger partial charge in [-0.15, -0.1) is 0 Å². The zero-order valence-electron chi connectivity index (χ0n) is 16.7. The first-order valence-electron chi connectivity index (χ1n) is 10.2. The van der Waals surface area contributed by atoms with Crippen LogP contribution in [0.5, 0.6) is 0 Å². The Labute approximate surface area is 170 Å². The van der Waals surface area contributed by atoms with Crippen LogP contribution in [0.25, 0.3) is 5.65 Å². The highest BCUT2D eigenvalue weighted by atomic mass is 16.2. The number of likely N-dealkylation sites (tertiary alicyclic amines) is 1. The normalized spacial score (nSPS) is 17.3. The highest BCUT2D eigenvalue weighted by molar-refractivity contribution is 5.93. The molecule has 0 bridgehead atoms. The summed E-state index contributed by atoms with van der Waals surface area (Å²) in [4.78, 5) is 32.0. The van der Waals surface area contributed by atoms with Gasteiger partial charge >= 0.3 is 0 Å². The third-order valence-electron chi connectivity index (χ3n) is 5.73. The Hall–Kier alpha value is -2.99. The summed E-state index contributed by atoms with van der Waals surface area (Å²) in [6.07, 6.45) is 6.75. The summed E-state index contributed by atoms with van der Waals surface area (Å²) in [5, 5.41) is 2.90. The molecule has 0 saturated carbocycles. The van der Waals surface area contributed by atoms with Crippen molar-refractivity contribution in [2.45, 2.75) is 45.3 Å². The van der Waals surface area contributed by atoms with E-state index in [1.54, 1.807) is 18.3 Å². The molecular weight excluding hydrogens is 364 g/mol. The Morgan fingerprint density at radius 2 is 1.93 bits per heavy atom. The standard InChI is InChI=1S/C23H26N4O2/c1-17-8-4-6-12-26(17)16-19-10-3-2-9-18(19)14-25-22(28)20-15-24-21-11-5-7-13-27(21)23(20)29/h2-3,5,7,9-11,13,15,17H,4,6,8,12,14,16H2,1H3,(H,25,28)/t17-/m1/s1. The number of piperidine rings is 1. The van der Waals surface area contributed by atoms with E-state index >= 15 is 0 Å². The molecule has 1 saturated heterocycles. The Morgan fingerprint density at radius 1 is 1.14 bits per heavy atom. The Morgan fingerprint density at radius 3 is 2.76 bits per heavy atom. The van der Waals surface area contributed by atoms with E-state index in [4.69, 9.17) is 0 Å². The van der Waals surface area contributed by atoms with Gasteiger partial charge in [-0.2, -0.15) is 0 Å². The van der Waals surface area contributed by atoms with Gasteiger partial charge in [0.25, 0.3) is 11.5 Å². The molecule has 1 aliphatic heterocycles. The molecule has 1 aliphatic rings. The predicted molar refractivity (Wildman–Crippen MR) is 113 cm³/mol. The highest BCUT2D eigenvalue weighted by Gasteiger charge is 2.19. The van der Waals surface area contributed by atoms with Crippen molar-refractivity contribution in [2.75, 3.05) is 6.54 Å². The highest BCUT2D eigenvalue weighted by Crippen LogP contribution is 2.20. The molecule has 0 aliphatic carbocycles. The van der Waals surface area contributed by atoms with E-state index in [1.165, 1.54) is 35.4 Å². The summed E-state index contributed by atoms with van der Waals surface area (Å²) in [6, 6.07) is 14.0. The molecule has 6 heteroatoms. The molecule has 0 unspecified atom stereocenters. The summed E-state index contributed by atoms with van der Waals surface area (Å²) >= 11 is 0. The fourth-order valence-corrected chi connectivity index (χ4v) is 3.95. The zero-order valence-corrected chi connectivity index (χ0v) is 16.7. The van der Waals surface area contributed by atoms with Gasteiger partial charge in [0.15, 0.2) is 0 Å². The number of carbonyl (C=O) groups is 1. The number of pyridine rings is 1. The predicted octanol–water partition coefficient (Wildman–Crippen LogP) is 3.00. The SMILES string of the molecule is C[C@@H]1CCCCN1Cc1ccccc1CNC(=O)c1cnc2ccccn2c1=O. The summed E-state index contributed by atoms with van der Waals surface area (Å²) < 4.78 is 1.39. The summed E-state index contributed by atoms with van der Waals surface area (Å²) in [7, 11) is 0. The molecular formula is C23H26N4O2. The van der Waals surface area contributed by atoms with Crippen LogP contribution in [0.3, 0.4) is 0 Å². The van der Waals surface area contributed by atoms with Gasteiger partial charge in [-0.05, 0) is 49.6 Å². The minimum atomic E-state index is -0.401. The van der Waals surface area contributed by atoms with E-state index in [0.29, 0.717) is 18.2 Å². The quantitative estimate of drug-likeness (QED) is 0.727. The van der Waals surface area contributed by atoms with Crippen molar-refractivity contribution in [3.8, 4) is 0 Å². The lowest BCUT2D eigenvalue weighted by atomic mass is 10.0. The van der Waals surface area contributed by atoms with E-state index in [2.05, 4.69) is 28.2 Å². The van der Waals surface area contributed by atoms with Gasteiger partial charge in [-0.3, -0.25) is 18.9 Å². The van der Waals surface area contributed by atoms with Crippen molar-refractivity contribution in [1.82, 2.24) is 19.6 Å². The first-order valence-corrected chi connectivity index (χ1v) is 10.2. The van der Waals surface area contributed by atoms with Gasteiger partial charge in [0, 0.05) is 31.5 Å². The second-order valence-corrected chi connectivity index (χ2v) is 7.67. The van der Waals surface area contributed by atoms with E-state index in [1.807, 2.05) is 24.3 Å². The van der Waals surface area contributed by atoms with Crippen LogP contribution < -0.4 is 10.9 Å². The number of hydrogen-bond acceptors (Lipinski definition) is 4. The molecule has 3 aromatic rings. The van der Waals surface area contributed by atoms with Crippen LogP contribution >= 0.6 is 0 Å². The number of nitrogens with zero attached hydrogens (tertiary/aromatic N) is 3. The fourth-order valence-electron chi connectivity index (χ4n) is 3.95. The lowest BCUT2D eigenvalue weighted by molar-refractivity contribution is 0.0948. The van der Waals surface area contributed by atoms with Gasteiger partial charge in [0.1, 0.15) is 11.2 Å². The number of nitrogens with one attached hydrogen (secondary N) is 1. The zero-order chi connectivity index (χ0) is 20.2. The van der Waals surface area contributed by atoms with Crippen molar-refractivity contribution in [3.05, 3.63) is 81.9 Å². The second kappa shape index (κ2) is 8.57. The molecule has 6 nitrogen and oxygen atoms in total. The largest absolute Gasteiger partial charge is 0.348 e. The van der Waals surface area contributed by atoms with Crippen LogP contribution in [0.4, 0.5) is 0 Å². The maximum atomic E-state index is 12.7. The number of carbonyl (C=O) groups excluding carboxylic acids is 1. The number of benzene rings is 1. The van der Waals surface area contributed by atoms with Crippen molar-refractivity contribution in [2.24, 2.45) is 0 Å². The maximum Gasteiger partial charge on any atom is 0.270 e. The number of amides is 1. The lowest BCUT2D eigenvalue weighted by Crippen LogP contribution is -2.37. The summed E-state index contributed by atoms with van der Waals surface area (Å²) in [6.45, 7) is 4.66. The van der Waals surface area contributed by atoms with Crippen molar-refractivity contribution in [3.63, 3.8) is 0 Å². The number of aromatic nitrogens is 2. The first-order chi connectivity index (χ1) is 14.1. The van der Waals surface area contributed by atoms with Crippen molar-refractivity contribution in [1.29, 1.82) is 0 Å². The van der Waals surface area contributed by atoms with Crippen LogP contribution in [0.2, 0.25) is 0 Å². The van der Waals surface area contributed by atoms with E-state index in [-0.39, 0.29) is 11.1 Å². The van der Waals surface area contributed by atoms with Crippen LogP contribution in [0, 0.1) is 0 Å². The molecule has 0 radical (unpaired) electrons. The lowest BCUT2D eigenvalue weighted by Gasteiger charge is -2.33. The molecule has 4 rings (SSSR count). The van der Waals surface area contributed by atoms with Gasteiger partial charge < -0.3 is 5.32 Å². The average molecular weight is 390 g/mol. The van der Waals surface area contributed by atoms with E-state index < -0.39 is 5.91 Å². The molecule has 2 aromatic heterocycles. The number of fused-ring (bicyclic) bond motifs is 1. The van der Waals surface area contributed by atoms with E-state index in [9.17, 15) is 9.59 Å². The van der Waals surface area contributed by atoms with Crippen molar-refractivity contribution >= 4 is 11.6 Å². The molecule has 29 heavy (non-hydrogen) atoms. The first kappa shape index (κ1) is 19.3. The molecule has 1 atom stereocenters. The van der Waals surface area contributed by atoms with Gasteiger partial charge in [0.2, 0.25) is 0 Å². The average Bonchev–Trinajstić information content (AvgIpc) is 2.75. The van der Waals surface area contributed by atoms with Crippen LogP contribution in [0.15, 0.2) is 59.7 Å². The van der Waals surface area contributed by atoms with Gasteiger partial charge in [-0.25, -0.2) is 4.98 Å². The third kappa shape index (κ3) is 4.22. The molecule has 3 heterocycles. The molecule has 1 amide bonds. The minimum Gasteiger partial charge on any atom is -0.348 e. The number of rotatable bonds is 5. The Kier molecular flexibility index (Phi) is 5.71. The smallest absolute Gasteiger partial charge is 0.270 e. The molecule has 150 valence electrons. The van der Waals surface area contributed by atoms with Crippen molar-refractivity contribution < 1.29 is 4.79 Å². The Bertz CT molecular complexity index is 1080. The van der Waals surface area contributed by atoms with Gasteiger partial charge in [-0.1, -0.05) is 36.8 Å².